The monoisotopic (exact) mass is 332 g/mol. The lowest BCUT2D eigenvalue weighted by Gasteiger charge is -2.16. The molecule has 0 aromatic carbocycles. The van der Waals surface area contributed by atoms with Crippen molar-refractivity contribution in [3.8, 4) is 0 Å². The number of aromatic nitrogens is 3. The Balaban J connectivity index is 1.44. The molecule has 2 aromatic rings. The van der Waals surface area contributed by atoms with Gasteiger partial charge in [0.05, 0.1) is 5.69 Å². The first-order chi connectivity index (χ1) is 11.5. The van der Waals surface area contributed by atoms with Crippen LogP contribution in [0.25, 0.3) is 0 Å². The fourth-order valence-electron chi connectivity index (χ4n) is 3.32. The van der Waals surface area contributed by atoms with Crippen LogP contribution in [-0.4, -0.2) is 39.2 Å². The first-order valence-electron chi connectivity index (χ1n) is 8.51. The summed E-state index contributed by atoms with van der Waals surface area (Å²) in [5, 5.41) is 7.86. The minimum absolute atomic E-state index is 0.216. The number of carbonyl (C=O) groups is 1. The first-order valence-corrected chi connectivity index (χ1v) is 8.51. The lowest BCUT2D eigenvalue weighted by molar-refractivity contribution is -0.130. The molecule has 3 heterocycles. The van der Waals surface area contributed by atoms with Crippen molar-refractivity contribution in [3.63, 3.8) is 0 Å². The van der Waals surface area contributed by atoms with E-state index in [4.69, 9.17) is 9.05 Å². The molecule has 1 unspecified atom stereocenters. The molecule has 0 bridgehead atoms. The molecule has 0 N–H and O–H groups in total. The number of hydrogen-bond acceptors (Lipinski definition) is 6. The van der Waals surface area contributed by atoms with Crippen LogP contribution in [0.2, 0.25) is 0 Å². The highest BCUT2D eigenvalue weighted by molar-refractivity contribution is 5.76. The van der Waals surface area contributed by atoms with Gasteiger partial charge in [0.25, 0.3) is 0 Å². The minimum atomic E-state index is 0.216. The van der Waals surface area contributed by atoms with Crippen molar-refractivity contribution < 1.29 is 13.8 Å². The SMILES string of the molecule is Cc1nc(CCC2CCN(C(=O)CCc3c(C)noc3C)C2)no1. The normalized spacial score (nSPS) is 17.6. The van der Waals surface area contributed by atoms with Gasteiger partial charge in [-0.25, -0.2) is 0 Å². The zero-order chi connectivity index (χ0) is 17.1. The third kappa shape index (κ3) is 3.83. The van der Waals surface area contributed by atoms with Crippen molar-refractivity contribution in [1.82, 2.24) is 20.2 Å². The summed E-state index contributed by atoms with van der Waals surface area (Å²) in [7, 11) is 0. The molecule has 130 valence electrons. The summed E-state index contributed by atoms with van der Waals surface area (Å²) in [5.41, 5.74) is 1.95. The van der Waals surface area contributed by atoms with Crippen LogP contribution in [-0.2, 0) is 17.6 Å². The van der Waals surface area contributed by atoms with Gasteiger partial charge in [0.1, 0.15) is 5.76 Å². The molecule has 2 aromatic heterocycles. The van der Waals surface area contributed by atoms with E-state index in [-0.39, 0.29) is 5.91 Å². The van der Waals surface area contributed by atoms with Crippen LogP contribution in [0.4, 0.5) is 0 Å². The Morgan fingerprint density at radius 1 is 1.21 bits per heavy atom. The van der Waals surface area contributed by atoms with Crippen molar-refractivity contribution >= 4 is 5.91 Å². The third-order valence-corrected chi connectivity index (χ3v) is 4.75. The Hall–Kier alpha value is -2.18. The lowest BCUT2D eigenvalue weighted by atomic mass is 10.0. The van der Waals surface area contributed by atoms with Crippen LogP contribution < -0.4 is 0 Å². The van der Waals surface area contributed by atoms with E-state index in [1.54, 1.807) is 6.92 Å². The number of aryl methyl sites for hydroxylation is 4. The smallest absolute Gasteiger partial charge is 0.223 e. The molecule has 0 aliphatic carbocycles. The van der Waals surface area contributed by atoms with E-state index < -0.39 is 0 Å². The van der Waals surface area contributed by atoms with E-state index in [0.29, 0.717) is 24.7 Å². The Kier molecular flexibility index (Phi) is 4.97. The van der Waals surface area contributed by atoms with Crippen LogP contribution in [0.1, 0.15) is 48.0 Å². The van der Waals surface area contributed by atoms with E-state index in [0.717, 1.165) is 55.2 Å². The summed E-state index contributed by atoms with van der Waals surface area (Å²) in [6.45, 7) is 7.28. The summed E-state index contributed by atoms with van der Waals surface area (Å²) in [4.78, 5) is 18.6. The minimum Gasteiger partial charge on any atom is -0.361 e. The number of amides is 1. The maximum Gasteiger partial charge on any atom is 0.223 e. The molecule has 0 radical (unpaired) electrons. The molecule has 1 aliphatic heterocycles. The quantitative estimate of drug-likeness (QED) is 0.807. The number of rotatable bonds is 6. The Morgan fingerprint density at radius 2 is 2.04 bits per heavy atom. The second-order valence-electron chi connectivity index (χ2n) is 6.57. The van der Waals surface area contributed by atoms with Crippen LogP contribution in [0, 0.1) is 26.7 Å². The van der Waals surface area contributed by atoms with Crippen molar-refractivity contribution in [2.24, 2.45) is 5.92 Å². The van der Waals surface area contributed by atoms with Gasteiger partial charge < -0.3 is 13.9 Å². The molecule has 1 atom stereocenters. The first kappa shape index (κ1) is 16.7. The molecule has 1 amide bonds. The van der Waals surface area contributed by atoms with Gasteiger partial charge in [0.15, 0.2) is 5.82 Å². The molecule has 7 nitrogen and oxygen atoms in total. The molecular formula is C17H24N4O3. The average molecular weight is 332 g/mol. The molecule has 24 heavy (non-hydrogen) atoms. The topological polar surface area (TPSA) is 85.3 Å². The number of carbonyl (C=O) groups excluding carboxylic acids is 1. The highest BCUT2D eigenvalue weighted by Gasteiger charge is 2.26. The van der Waals surface area contributed by atoms with Gasteiger partial charge in [-0.2, -0.15) is 4.98 Å². The molecular weight excluding hydrogens is 308 g/mol. The van der Waals surface area contributed by atoms with Crippen molar-refractivity contribution in [2.75, 3.05) is 13.1 Å². The van der Waals surface area contributed by atoms with Gasteiger partial charge in [-0.15, -0.1) is 0 Å². The van der Waals surface area contributed by atoms with Gasteiger partial charge in [-0.3, -0.25) is 4.79 Å². The zero-order valence-corrected chi connectivity index (χ0v) is 14.5. The Morgan fingerprint density at radius 3 is 2.71 bits per heavy atom. The fraction of sp³-hybridized carbons (Fsp3) is 0.647. The maximum atomic E-state index is 12.4. The molecule has 3 rings (SSSR count). The zero-order valence-electron chi connectivity index (χ0n) is 14.5. The number of likely N-dealkylation sites (tertiary alicyclic amines) is 1. The van der Waals surface area contributed by atoms with E-state index >= 15 is 0 Å². The van der Waals surface area contributed by atoms with Gasteiger partial charge in [0, 0.05) is 38.4 Å². The largest absolute Gasteiger partial charge is 0.361 e. The van der Waals surface area contributed by atoms with E-state index in [1.807, 2.05) is 18.7 Å². The van der Waals surface area contributed by atoms with Crippen molar-refractivity contribution in [1.29, 1.82) is 0 Å². The predicted octanol–water partition coefficient (Wildman–Crippen LogP) is 2.40. The Labute approximate surface area is 141 Å². The lowest BCUT2D eigenvalue weighted by Crippen LogP contribution is -2.29. The van der Waals surface area contributed by atoms with E-state index in [1.165, 1.54) is 0 Å². The maximum absolute atomic E-state index is 12.4. The molecule has 1 saturated heterocycles. The van der Waals surface area contributed by atoms with Gasteiger partial charge in [-0.1, -0.05) is 10.3 Å². The van der Waals surface area contributed by atoms with Gasteiger partial charge in [0.2, 0.25) is 11.8 Å². The fourth-order valence-corrected chi connectivity index (χ4v) is 3.32. The van der Waals surface area contributed by atoms with Crippen LogP contribution in [0.15, 0.2) is 9.05 Å². The summed E-state index contributed by atoms with van der Waals surface area (Å²) in [6, 6.07) is 0. The molecule has 1 aliphatic rings. The highest BCUT2D eigenvalue weighted by atomic mass is 16.5. The van der Waals surface area contributed by atoms with Crippen molar-refractivity contribution in [3.05, 3.63) is 28.7 Å². The standard InChI is InChI=1S/C17H24N4O3/c1-11-15(12(2)23-19-11)5-7-17(22)21-9-8-14(10-21)4-6-16-18-13(3)24-20-16/h14H,4-10H2,1-3H3. The van der Waals surface area contributed by atoms with E-state index in [2.05, 4.69) is 15.3 Å². The summed E-state index contributed by atoms with van der Waals surface area (Å²) in [6.07, 6.45) is 4.06. The molecule has 0 spiro atoms. The second-order valence-corrected chi connectivity index (χ2v) is 6.57. The molecule has 7 heteroatoms. The third-order valence-electron chi connectivity index (χ3n) is 4.75. The van der Waals surface area contributed by atoms with Gasteiger partial charge in [-0.05, 0) is 39.0 Å². The second kappa shape index (κ2) is 7.15. The number of nitrogens with zero attached hydrogens (tertiary/aromatic N) is 4. The van der Waals surface area contributed by atoms with Gasteiger partial charge >= 0.3 is 0 Å². The number of hydrogen-bond donors (Lipinski definition) is 0. The average Bonchev–Trinajstić information content (AvgIpc) is 3.26. The van der Waals surface area contributed by atoms with Crippen molar-refractivity contribution in [2.45, 2.75) is 52.9 Å². The summed E-state index contributed by atoms with van der Waals surface area (Å²) >= 11 is 0. The molecule has 1 fully saturated rings. The van der Waals surface area contributed by atoms with Crippen LogP contribution in [0.3, 0.4) is 0 Å². The predicted molar refractivity (Wildman–Crippen MR) is 86.3 cm³/mol. The summed E-state index contributed by atoms with van der Waals surface area (Å²) in [5.74, 6) is 2.91. The van der Waals surface area contributed by atoms with Crippen LogP contribution in [0.5, 0.6) is 0 Å². The van der Waals surface area contributed by atoms with Crippen LogP contribution >= 0.6 is 0 Å². The van der Waals surface area contributed by atoms with E-state index in [9.17, 15) is 4.79 Å². The summed E-state index contributed by atoms with van der Waals surface area (Å²) < 4.78 is 10.1. The highest BCUT2D eigenvalue weighted by Crippen LogP contribution is 2.22. The Bertz CT molecular complexity index is 687. The molecule has 0 saturated carbocycles.